The van der Waals surface area contributed by atoms with E-state index in [-0.39, 0.29) is 67.2 Å². The van der Waals surface area contributed by atoms with E-state index in [1.54, 1.807) is 12.1 Å². The Labute approximate surface area is 658 Å². The number of piperazine rings is 3. The molecule has 0 saturated carbocycles. The number of primary amides is 3. The maximum absolute atomic E-state index is 14.3. The van der Waals surface area contributed by atoms with Gasteiger partial charge in [-0.05, 0) is 145 Å². The number of carbonyl (C=O) groups is 3. The van der Waals surface area contributed by atoms with Crippen LogP contribution in [0.2, 0.25) is 10.0 Å². The van der Waals surface area contributed by atoms with E-state index in [0.29, 0.717) is 87.9 Å². The Balaban J connectivity index is 0.000000177. The maximum atomic E-state index is 14.3. The Morgan fingerprint density at radius 2 is 0.757 bits per heavy atom. The standard InChI is InChI=1S/C24H22BrF4N5O2S.2C24H22ClF4N5O2S/c1-33-6-8-34(9-7-33)23-31-12-20(22(32-23)36-13-14-2-5-19(26)18(25)10-14)37-15-3-4-16(21(30)35)17(11-15)24(27,28)29;1-33-6-8-34(9-7-33)23-31-12-20(22(32-23)36-13-14-10-15(25)2-5-19(14)26)37-16-3-4-17(21(30)35)18(11-16)24(27,28)29;1-33-6-8-34(9-7-33)23-31-12-20(22(32-23)36-13-14-2-5-19(26)18(25)10-14)37-15-3-4-16(21(30)35)17(11-15)24(27,28)29/h3*2-5,10-12H,6-9,13H2,1H3,(H2,30,35). The molecule has 0 unspecified atom stereocenters. The SMILES string of the molecule is CN1CCN(c2ncc(Sc3ccc(C(N)=O)c(C(F)(F)F)c3)c(OCc3cc(Cl)ccc3F)n2)CC1.CN1CCN(c2ncc(Sc3ccc(C(N)=O)c(C(F)(F)F)c3)c(OCc3ccc(F)c(Br)c3)n2)CC1.CN1CCN(c2ncc(Sc3ccc(C(N)=O)c(C(F)(F)F)c3)c(OCc3ccc(F)c(Cl)c3)n2)CC1. The predicted octanol–water partition coefficient (Wildman–Crippen LogP) is 14.7. The first kappa shape index (κ1) is 84.4. The van der Waals surface area contributed by atoms with Crippen LogP contribution in [-0.4, -0.2) is 162 Å². The topological polar surface area (TPSA) is 254 Å². The van der Waals surface area contributed by atoms with Crippen molar-refractivity contribution in [1.29, 1.82) is 0 Å². The van der Waals surface area contributed by atoms with E-state index in [1.165, 1.54) is 79.3 Å². The van der Waals surface area contributed by atoms with E-state index in [4.69, 9.17) is 54.6 Å². The molecular weight excluding hydrogens is 1650 g/mol. The zero-order valence-corrected chi connectivity index (χ0v) is 64.2. The van der Waals surface area contributed by atoms with E-state index < -0.39 is 87.1 Å². The Bertz CT molecular complexity index is 4660. The highest BCUT2D eigenvalue weighted by Gasteiger charge is 2.38. The Hall–Kier alpha value is -9.08. The molecule has 3 aliphatic rings. The average Bonchev–Trinajstić information content (AvgIpc) is 0.792. The van der Waals surface area contributed by atoms with Crippen molar-refractivity contribution in [1.82, 2.24) is 44.6 Å². The van der Waals surface area contributed by atoms with Crippen molar-refractivity contribution in [3.05, 3.63) is 210 Å². The van der Waals surface area contributed by atoms with Gasteiger partial charge in [0.05, 0.1) is 76.2 Å². The number of carbonyl (C=O) groups excluding carboxylic acids is 3. The summed E-state index contributed by atoms with van der Waals surface area (Å²) in [6.07, 6.45) is -9.90. The predicted molar refractivity (Wildman–Crippen MR) is 397 cm³/mol. The third-order valence-electron chi connectivity index (χ3n) is 16.9. The highest BCUT2D eigenvalue weighted by atomic mass is 79.9. The number of nitrogens with zero attached hydrogens (tertiary/aromatic N) is 12. The summed E-state index contributed by atoms with van der Waals surface area (Å²) in [5.41, 5.74) is 11.5. The number of hydrogen-bond donors (Lipinski definition) is 3. The van der Waals surface area contributed by atoms with Gasteiger partial charge < -0.3 is 60.8 Å². The minimum atomic E-state index is -4.79. The summed E-state index contributed by atoms with van der Waals surface area (Å²) >= 11 is 17.8. The number of hydrogen-bond acceptors (Lipinski definition) is 21. The molecule has 0 aliphatic carbocycles. The van der Waals surface area contributed by atoms with Crippen molar-refractivity contribution in [2.75, 3.05) is 114 Å². The lowest BCUT2D eigenvalue weighted by Gasteiger charge is -2.32. The third kappa shape index (κ3) is 23.1. The lowest BCUT2D eigenvalue weighted by atomic mass is 10.1. The Morgan fingerprint density at radius 1 is 0.432 bits per heavy atom. The van der Waals surface area contributed by atoms with Crippen LogP contribution in [0.4, 0.5) is 70.5 Å². The normalized spacial score (nSPS) is 14.6. The molecule has 0 radical (unpaired) electrons. The van der Waals surface area contributed by atoms with Crippen LogP contribution in [0.3, 0.4) is 0 Å². The van der Waals surface area contributed by atoms with Gasteiger partial charge in [-0.1, -0.05) is 70.6 Å². The lowest BCUT2D eigenvalue weighted by molar-refractivity contribution is -0.138. The van der Waals surface area contributed by atoms with Crippen molar-refractivity contribution in [2.24, 2.45) is 17.2 Å². The van der Waals surface area contributed by atoms with Crippen molar-refractivity contribution >= 4 is 110 Å². The molecule has 3 saturated heterocycles. The van der Waals surface area contributed by atoms with Gasteiger partial charge in [0.15, 0.2) is 0 Å². The summed E-state index contributed by atoms with van der Waals surface area (Å²) in [5.74, 6) is -3.41. The summed E-state index contributed by atoms with van der Waals surface area (Å²) in [6.45, 7) is 8.85. The first-order chi connectivity index (χ1) is 52.5. The molecule has 6 N–H and O–H groups in total. The molecule has 3 amide bonds. The molecule has 3 fully saturated rings. The number of benzene rings is 6. The fourth-order valence-electron chi connectivity index (χ4n) is 10.9. The van der Waals surface area contributed by atoms with Gasteiger partial charge in [-0.15, -0.1) is 0 Å². The molecule has 0 atom stereocenters. The largest absolute Gasteiger partial charge is 0.472 e. The third-order valence-corrected chi connectivity index (χ3v) is 21.0. The molecule has 21 nitrogen and oxygen atoms in total. The molecule has 3 aliphatic heterocycles. The minimum absolute atomic E-state index is 0.0127. The highest BCUT2D eigenvalue weighted by molar-refractivity contribution is 9.10. The molecule has 12 rings (SSSR count). The van der Waals surface area contributed by atoms with Crippen molar-refractivity contribution in [3.8, 4) is 17.6 Å². The van der Waals surface area contributed by atoms with E-state index in [2.05, 4.69) is 60.5 Å². The van der Waals surface area contributed by atoms with E-state index in [0.717, 1.165) is 111 Å². The summed E-state index contributed by atoms with van der Waals surface area (Å²) in [4.78, 5) is 75.4. The van der Waals surface area contributed by atoms with Crippen LogP contribution < -0.4 is 46.1 Å². The van der Waals surface area contributed by atoms with Gasteiger partial charge in [0.1, 0.15) is 37.3 Å². The van der Waals surface area contributed by atoms with E-state index >= 15 is 0 Å². The zero-order chi connectivity index (χ0) is 80.2. The maximum Gasteiger partial charge on any atom is 0.417 e. The molecule has 9 aromatic rings. The van der Waals surface area contributed by atoms with Crippen LogP contribution >= 0.6 is 74.4 Å². The van der Waals surface area contributed by atoms with Gasteiger partial charge in [0, 0.05) is 104 Å². The molecule has 6 heterocycles. The number of aromatic nitrogens is 6. The number of likely N-dealkylation sites (N-methyl/N-ethyl adjacent to an activating group) is 3. The fourth-order valence-corrected chi connectivity index (χ4v) is 14.3. The first-order valence-corrected chi connectivity index (χ1v) is 37.2. The van der Waals surface area contributed by atoms with Gasteiger partial charge in [-0.2, -0.15) is 54.5 Å². The first-order valence-electron chi connectivity index (χ1n) is 33.2. The summed E-state index contributed by atoms with van der Waals surface area (Å²) in [7, 11) is 6.04. The molecule has 6 aromatic carbocycles. The van der Waals surface area contributed by atoms with Gasteiger partial charge in [0.25, 0.3) is 0 Å². The molecule has 111 heavy (non-hydrogen) atoms. The Kier molecular flexibility index (Phi) is 28.2. The molecule has 0 spiro atoms. The second-order valence-corrected chi connectivity index (χ2v) is 30.0. The smallest absolute Gasteiger partial charge is 0.417 e. The number of anilines is 3. The number of nitrogens with two attached hydrogens (primary N) is 3. The Morgan fingerprint density at radius 3 is 1.08 bits per heavy atom. The number of rotatable bonds is 21. The average molecular weight is 1710 g/mol. The molecule has 39 heteroatoms. The van der Waals surface area contributed by atoms with Crippen LogP contribution in [0.15, 0.2) is 162 Å². The van der Waals surface area contributed by atoms with Gasteiger partial charge >= 0.3 is 18.5 Å². The molecule has 588 valence electrons. The second kappa shape index (κ2) is 37.0. The van der Waals surface area contributed by atoms with E-state index in [9.17, 15) is 67.1 Å². The number of amides is 3. The number of halogens is 15. The van der Waals surface area contributed by atoms with Crippen LogP contribution in [0, 0.1) is 17.5 Å². The van der Waals surface area contributed by atoms with Crippen molar-refractivity contribution < 1.29 is 81.3 Å². The highest BCUT2D eigenvalue weighted by Crippen LogP contribution is 2.44. The van der Waals surface area contributed by atoms with Crippen LogP contribution in [0.25, 0.3) is 0 Å². The van der Waals surface area contributed by atoms with Crippen LogP contribution in [0.5, 0.6) is 17.6 Å². The zero-order valence-electron chi connectivity index (χ0n) is 58.7. The molecule has 3 aromatic heterocycles. The quantitative estimate of drug-likeness (QED) is 0.0565. The summed E-state index contributed by atoms with van der Waals surface area (Å²) in [6, 6.07) is 22.3. The minimum Gasteiger partial charge on any atom is -0.472 e. The van der Waals surface area contributed by atoms with Crippen molar-refractivity contribution in [2.45, 2.75) is 67.7 Å². The second-order valence-electron chi connectivity index (χ2n) is 25.0. The van der Waals surface area contributed by atoms with Crippen LogP contribution in [-0.2, 0) is 38.3 Å². The summed E-state index contributed by atoms with van der Waals surface area (Å²) in [5, 5.41) is 0.260. The number of ether oxygens (including phenoxy) is 3. The lowest BCUT2D eigenvalue weighted by Crippen LogP contribution is -2.45. The van der Waals surface area contributed by atoms with Crippen molar-refractivity contribution in [3.63, 3.8) is 0 Å². The molecule has 0 bridgehead atoms. The molecular formula is C72H66BrCl2F12N15O6S3. The van der Waals surface area contributed by atoms with Gasteiger partial charge in [-0.25, -0.2) is 28.1 Å². The fraction of sp³-hybridized carbons (Fsp3) is 0.292. The van der Waals surface area contributed by atoms with Crippen LogP contribution in [0.1, 0.15) is 64.5 Å². The van der Waals surface area contributed by atoms with Gasteiger partial charge in [0.2, 0.25) is 53.2 Å². The van der Waals surface area contributed by atoms with E-state index in [1.807, 2.05) is 35.8 Å². The van der Waals surface area contributed by atoms with Gasteiger partial charge in [-0.3, -0.25) is 14.4 Å². The number of alkyl halides is 9. The monoisotopic (exact) mass is 1710 g/mol. The summed E-state index contributed by atoms with van der Waals surface area (Å²) < 4.78 is 181.